The highest BCUT2D eigenvalue weighted by Gasteiger charge is 2.10. The van der Waals surface area contributed by atoms with Crippen molar-refractivity contribution in [1.82, 2.24) is 25.8 Å². The van der Waals surface area contributed by atoms with Crippen LogP contribution in [0, 0.1) is 0 Å². The van der Waals surface area contributed by atoms with Gasteiger partial charge in [-0.3, -0.25) is 0 Å². The number of oxazole rings is 1. The van der Waals surface area contributed by atoms with Crippen molar-refractivity contribution in [3.8, 4) is 22.8 Å². The zero-order valence-corrected chi connectivity index (χ0v) is 17.6. The molecule has 2 heterocycles. The molecule has 0 saturated heterocycles. The zero-order valence-electron chi connectivity index (χ0n) is 16.9. The van der Waals surface area contributed by atoms with Crippen LogP contribution in [0.4, 0.5) is 0 Å². The number of hydrogen-bond acceptors (Lipinski definition) is 6. The standard InChI is InChI=1S/C22H21ClN6O2/c1-2-24-22(25-12-18-14-30-21(27-18)15-7-4-3-5-8-15)26-13-19-28-20(29-31-19)16-9-6-10-17(23)11-16/h3-11,14H,2,12-13H2,1H3,(H2,24,25,26). The summed E-state index contributed by atoms with van der Waals surface area (Å²) < 4.78 is 10.9. The number of halogens is 1. The normalized spacial score (nSPS) is 11.5. The first-order valence-corrected chi connectivity index (χ1v) is 10.2. The molecule has 2 aromatic carbocycles. The average molecular weight is 437 g/mol. The number of rotatable bonds is 7. The first kappa shape index (κ1) is 20.6. The summed E-state index contributed by atoms with van der Waals surface area (Å²) in [6, 6.07) is 17.0. The Bertz CT molecular complexity index is 1160. The van der Waals surface area contributed by atoms with Crippen LogP contribution < -0.4 is 10.6 Å². The molecule has 0 fully saturated rings. The molecular formula is C22H21ClN6O2. The van der Waals surface area contributed by atoms with Crippen molar-refractivity contribution < 1.29 is 8.94 Å². The van der Waals surface area contributed by atoms with Crippen LogP contribution in [0.25, 0.3) is 22.8 Å². The third-order valence-electron chi connectivity index (χ3n) is 4.27. The summed E-state index contributed by atoms with van der Waals surface area (Å²) in [5, 5.41) is 11.0. The first-order valence-electron chi connectivity index (χ1n) is 9.82. The summed E-state index contributed by atoms with van der Waals surface area (Å²) in [4.78, 5) is 13.4. The highest BCUT2D eigenvalue weighted by Crippen LogP contribution is 2.20. The molecule has 0 bridgehead atoms. The summed E-state index contributed by atoms with van der Waals surface area (Å²) in [6.45, 7) is 3.39. The monoisotopic (exact) mass is 436 g/mol. The molecule has 0 saturated carbocycles. The average Bonchev–Trinajstić information content (AvgIpc) is 3.46. The number of aromatic nitrogens is 3. The van der Waals surface area contributed by atoms with E-state index in [2.05, 4.69) is 30.8 Å². The topological polar surface area (TPSA) is 101 Å². The molecule has 8 nitrogen and oxygen atoms in total. The Kier molecular flexibility index (Phi) is 6.59. The predicted octanol–water partition coefficient (Wildman–Crippen LogP) is 4.30. The van der Waals surface area contributed by atoms with Crippen molar-refractivity contribution in [2.45, 2.75) is 20.0 Å². The summed E-state index contributed by atoms with van der Waals surface area (Å²) in [5.74, 6) is 2.10. The molecular weight excluding hydrogens is 416 g/mol. The van der Waals surface area contributed by atoms with Crippen molar-refractivity contribution in [3.63, 3.8) is 0 Å². The van der Waals surface area contributed by atoms with Gasteiger partial charge in [-0.2, -0.15) is 4.98 Å². The van der Waals surface area contributed by atoms with Crippen LogP contribution in [-0.2, 0) is 13.1 Å². The van der Waals surface area contributed by atoms with Gasteiger partial charge in [-0.15, -0.1) is 0 Å². The quantitative estimate of drug-likeness (QED) is 0.329. The fourth-order valence-electron chi connectivity index (χ4n) is 2.83. The summed E-state index contributed by atoms with van der Waals surface area (Å²) in [6.07, 6.45) is 1.62. The fraction of sp³-hybridized carbons (Fsp3) is 0.182. The Balaban J connectivity index is 1.38. The lowest BCUT2D eigenvalue weighted by molar-refractivity contribution is 0.375. The maximum absolute atomic E-state index is 6.03. The molecule has 2 aromatic heterocycles. The summed E-state index contributed by atoms with van der Waals surface area (Å²) >= 11 is 6.03. The molecule has 0 atom stereocenters. The number of aliphatic imine (C=N–C) groups is 1. The van der Waals surface area contributed by atoms with Gasteiger partial charge in [-0.25, -0.2) is 9.98 Å². The van der Waals surface area contributed by atoms with E-state index < -0.39 is 0 Å². The van der Waals surface area contributed by atoms with Gasteiger partial charge in [0.25, 0.3) is 0 Å². The minimum absolute atomic E-state index is 0.327. The van der Waals surface area contributed by atoms with Crippen LogP contribution >= 0.6 is 11.6 Å². The second kappa shape index (κ2) is 9.90. The van der Waals surface area contributed by atoms with Crippen LogP contribution in [0.5, 0.6) is 0 Å². The first-order chi connectivity index (χ1) is 15.2. The van der Waals surface area contributed by atoms with Crippen molar-refractivity contribution >= 4 is 17.6 Å². The van der Waals surface area contributed by atoms with Crippen LogP contribution in [0.1, 0.15) is 18.5 Å². The van der Waals surface area contributed by atoms with Gasteiger partial charge in [0.05, 0.1) is 13.1 Å². The predicted molar refractivity (Wildman–Crippen MR) is 118 cm³/mol. The lowest BCUT2D eigenvalue weighted by Gasteiger charge is -2.08. The van der Waals surface area contributed by atoms with Gasteiger partial charge >= 0.3 is 0 Å². The van der Waals surface area contributed by atoms with Gasteiger partial charge in [0, 0.05) is 22.7 Å². The molecule has 0 spiro atoms. The van der Waals surface area contributed by atoms with Crippen molar-refractivity contribution in [2.24, 2.45) is 4.99 Å². The van der Waals surface area contributed by atoms with E-state index in [1.165, 1.54) is 0 Å². The molecule has 4 rings (SSSR count). The maximum atomic E-state index is 6.03. The van der Waals surface area contributed by atoms with E-state index >= 15 is 0 Å². The molecule has 0 radical (unpaired) electrons. The SMILES string of the molecule is CCNC(=NCc1coc(-c2ccccc2)n1)NCc1nc(-c2cccc(Cl)c2)no1. The second-order valence-electron chi connectivity index (χ2n) is 6.58. The van der Waals surface area contributed by atoms with E-state index in [0.717, 1.165) is 16.8 Å². The molecule has 2 N–H and O–H groups in total. The van der Waals surface area contributed by atoms with Gasteiger partial charge in [0.2, 0.25) is 17.6 Å². The Labute approximate surface area is 184 Å². The van der Waals surface area contributed by atoms with Gasteiger partial charge < -0.3 is 19.6 Å². The summed E-state index contributed by atoms with van der Waals surface area (Å²) in [7, 11) is 0. The number of benzene rings is 2. The molecule has 158 valence electrons. The van der Waals surface area contributed by atoms with Crippen molar-refractivity contribution in [3.05, 3.63) is 77.5 Å². The molecule has 0 amide bonds. The third kappa shape index (κ3) is 5.49. The molecule has 31 heavy (non-hydrogen) atoms. The van der Waals surface area contributed by atoms with Crippen molar-refractivity contribution in [2.75, 3.05) is 6.54 Å². The van der Waals surface area contributed by atoms with E-state index in [-0.39, 0.29) is 0 Å². The lowest BCUT2D eigenvalue weighted by Crippen LogP contribution is -2.36. The molecule has 9 heteroatoms. The Morgan fingerprint density at radius 2 is 1.87 bits per heavy atom. The van der Waals surface area contributed by atoms with E-state index in [0.29, 0.717) is 48.2 Å². The maximum Gasteiger partial charge on any atom is 0.246 e. The molecule has 0 aliphatic carbocycles. The van der Waals surface area contributed by atoms with Gasteiger partial charge in [-0.05, 0) is 31.2 Å². The molecule has 0 aliphatic heterocycles. The number of guanidine groups is 1. The number of nitrogens with one attached hydrogen (secondary N) is 2. The van der Waals surface area contributed by atoms with Crippen LogP contribution in [0.15, 0.2) is 74.8 Å². The van der Waals surface area contributed by atoms with Crippen LogP contribution in [0.2, 0.25) is 5.02 Å². The number of hydrogen-bond donors (Lipinski definition) is 2. The van der Waals surface area contributed by atoms with E-state index in [9.17, 15) is 0 Å². The van der Waals surface area contributed by atoms with Gasteiger partial charge in [0.15, 0.2) is 5.96 Å². The fourth-order valence-corrected chi connectivity index (χ4v) is 3.02. The molecule has 0 aliphatic rings. The molecule has 0 unspecified atom stereocenters. The highest BCUT2D eigenvalue weighted by molar-refractivity contribution is 6.30. The van der Waals surface area contributed by atoms with E-state index in [1.807, 2.05) is 49.4 Å². The number of nitrogens with zero attached hydrogens (tertiary/aromatic N) is 4. The van der Waals surface area contributed by atoms with Gasteiger partial charge in [-0.1, -0.05) is 47.1 Å². The second-order valence-corrected chi connectivity index (χ2v) is 7.02. The smallest absolute Gasteiger partial charge is 0.246 e. The Morgan fingerprint density at radius 1 is 1.03 bits per heavy atom. The minimum atomic E-state index is 0.327. The van der Waals surface area contributed by atoms with E-state index in [4.69, 9.17) is 20.5 Å². The van der Waals surface area contributed by atoms with Gasteiger partial charge in [0.1, 0.15) is 12.0 Å². The third-order valence-corrected chi connectivity index (χ3v) is 4.51. The lowest BCUT2D eigenvalue weighted by atomic mass is 10.2. The van der Waals surface area contributed by atoms with Crippen molar-refractivity contribution in [1.29, 1.82) is 0 Å². The molecule has 4 aromatic rings. The van der Waals surface area contributed by atoms with Crippen LogP contribution in [-0.4, -0.2) is 27.6 Å². The Hall–Kier alpha value is -3.65. The minimum Gasteiger partial charge on any atom is -0.444 e. The Morgan fingerprint density at radius 3 is 2.68 bits per heavy atom. The van der Waals surface area contributed by atoms with E-state index in [1.54, 1.807) is 18.4 Å². The summed E-state index contributed by atoms with van der Waals surface area (Å²) in [5.41, 5.74) is 2.45. The largest absolute Gasteiger partial charge is 0.444 e. The zero-order chi connectivity index (χ0) is 21.5. The highest BCUT2D eigenvalue weighted by atomic mass is 35.5. The van der Waals surface area contributed by atoms with Crippen LogP contribution in [0.3, 0.4) is 0 Å².